The first-order valence-electron chi connectivity index (χ1n) is 10.4. The summed E-state index contributed by atoms with van der Waals surface area (Å²) in [5, 5.41) is 0. The fourth-order valence-corrected chi connectivity index (χ4v) is 3.44. The molecule has 28 heavy (non-hydrogen) atoms. The minimum absolute atomic E-state index is 0. The second-order valence-corrected chi connectivity index (χ2v) is 6.73. The SMILES string of the molecule is C.C.C.CC.CC.CC(C)c1ccc(-c2ccc(C3CCCCC3)cc2)cc1. The zero-order chi connectivity index (χ0) is 18.7. The maximum absolute atomic E-state index is 2.35. The molecule has 0 unspecified atom stereocenters. The van der Waals surface area contributed by atoms with Crippen molar-refractivity contribution in [2.75, 3.05) is 0 Å². The molecule has 1 aliphatic carbocycles. The molecule has 1 aliphatic rings. The molecule has 0 aliphatic heterocycles. The van der Waals surface area contributed by atoms with Gasteiger partial charge in [-0.3, -0.25) is 0 Å². The summed E-state index contributed by atoms with van der Waals surface area (Å²) < 4.78 is 0. The van der Waals surface area contributed by atoms with Crippen LogP contribution in [0.5, 0.6) is 0 Å². The van der Waals surface area contributed by atoms with Crippen molar-refractivity contribution in [2.45, 2.75) is 108 Å². The van der Waals surface area contributed by atoms with Gasteiger partial charge in [0.05, 0.1) is 0 Å². The van der Waals surface area contributed by atoms with Gasteiger partial charge in [-0.25, -0.2) is 0 Å². The van der Waals surface area contributed by atoms with E-state index in [-0.39, 0.29) is 22.3 Å². The third-order valence-corrected chi connectivity index (χ3v) is 4.90. The van der Waals surface area contributed by atoms with Crippen LogP contribution in [0.25, 0.3) is 11.1 Å². The molecule has 3 rings (SSSR count). The van der Waals surface area contributed by atoms with Crippen molar-refractivity contribution in [2.24, 2.45) is 0 Å². The van der Waals surface area contributed by atoms with Crippen LogP contribution in [-0.2, 0) is 0 Å². The summed E-state index contributed by atoms with van der Waals surface area (Å²) in [6, 6.07) is 18.3. The van der Waals surface area contributed by atoms with Crippen LogP contribution in [0.3, 0.4) is 0 Å². The summed E-state index contributed by atoms with van der Waals surface area (Å²) in [6.07, 6.45) is 6.99. The number of rotatable bonds is 3. The van der Waals surface area contributed by atoms with Crippen molar-refractivity contribution in [3.63, 3.8) is 0 Å². The van der Waals surface area contributed by atoms with Gasteiger partial charge in [-0.05, 0) is 46.9 Å². The molecule has 1 fully saturated rings. The van der Waals surface area contributed by atoms with Crippen LogP contribution in [-0.4, -0.2) is 0 Å². The molecule has 0 atom stereocenters. The second kappa shape index (κ2) is 17.5. The van der Waals surface area contributed by atoms with E-state index in [1.807, 2.05) is 27.7 Å². The zero-order valence-electron chi connectivity index (χ0n) is 17.3. The number of benzene rings is 2. The first-order chi connectivity index (χ1) is 12.2. The van der Waals surface area contributed by atoms with Gasteiger partial charge in [0, 0.05) is 0 Å². The zero-order valence-corrected chi connectivity index (χ0v) is 17.3. The van der Waals surface area contributed by atoms with Gasteiger partial charge >= 0.3 is 0 Å². The van der Waals surface area contributed by atoms with Crippen molar-refractivity contribution < 1.29 is 0 Å². The summed E-state index contributed by atoms with van der Waals surface area (Å²) >= 11 is 0. The van der Waals surface area contributed by atoms with Crippen molar-refractivity contribution in [3.05, 3.63) is 59.7 Å². The van der Waals surface area contributed by atoms with E-state index in [0.29, 0.717) is 5.92 Å². The topological polar surface area (TPSA) is 0 Å². The van der Waals surface area contributed by atoms with Crippen molar-refractivity contribution in [1.29, 1.82) is 0 Å². The fraction of sp³-hybridized carbons (Fsp3) is 0.571. The lowest BCUT2D eigenvalue weighted by Gasteiger charge is -2.22. The van der Waals surface area contributed by atoms with Gasteiger partial charge in [0.15, 0.2) is 0 Å². The summed E-state index contributed by atoms with van der Waals surface area (Å²) in [4.78, 5) is 0. The van der Waals surface area contributed by atoms with Crippen LogP contribution in [0.2, 0.25) is 0 Å². The van der Waals surface area contributed by atoms with Crippen LogP contribution in [0.15, 0.2) is 48.5 Å². The largest absolute Gasteiger partial charge is 0.0776 e. The maximum atomic E-state index is 2.35. The predicted octanol–water partition coefficient (Wildman–Crippen LogP) is 10.5. The Bertz CT molecular complexity index is 554. The van der Waals surface area contributed by atoms with E-state index in [9.17, 15) is 0 Å². The first-order valence-corrected chi connectivity index (χ1v) is 10.4. The van der Waals surface area contributed by atoms with Crippen molar-refractivity contribution in [3.8, 4) is 11.1 Å². The quantitative estimate of drug-likeness (QED) is 0.492. The fourth-order valence-electron chi connectivity index (χ4n) is 3.44. The summed E-state index contributed by atoms with van der Waals surface area (Å²) in [6.45, 7) is 12.5. The Hall–Kier alpha value is -1.56. The summed E-state index contributed by atoms with van der Waals surface area (Å²) in [5.41, 5.74) is 5.62. The third-order valence-electron chi connectivity index (χ3n) is 4.90. The van der Waals surface area contributed by atoms with Gasteiger partial charge in [-0.2, -0.15) is 0 Å². The van der Waals surface area contributed by atoms with Gasteiger partial charge in [-0.15, -0.1) is 0 Å². The molecule has 0 nitrogen and oxygen atoms in total. The molecule has 1 saturated carbocycles. The molecule has 0 aromatic heterocycles. The Morgan fingerprint density at radius 3 is 1.39 bits per heavy atom. The molecular formula is C28H50. The van der Waals surface area contributed by atoms with Crippen LogP contribution in [0.1, 0.15) is 119 Å². The average Bonchev–Trinajstić information content (AvgIpc) is 2.72. The molecule has 0 bridgehead atoms. The highest BCUT2D eigenvalue weighted by molar-refractivity contribution is 5.64. The van der Waals surface area contributed by atoms with E-state index in [2.05, 4.69) is 62.4 Å². The van der Waals surface area contributed by atoms with Crippen molar-refractivity contribution in [1.82, 2.24) is 0 Å². The van der Waals surface area contributed by atoms with E-state index < -0.39 is 0 Å². The normalized spacial score (nSPS) is 12.7. The lowest BCUT2D eigenvalue weighted by Crippen LogP contribution is -2.04. The molecule has 2 aromatic carbocycles. The van der Waals surface area contributed by atoms with E-state index in [1.54, 1.807) is 0 Å². The van der Waals surface area contributed by atoms with E-state index in [4.69, 9.17) is 0 Å². The standard InChI is InChI=1S/C21H26.2C2H6.3CH4/c1-16(2)17-8-10-20(11-9-17)21-14-12-19(13-15-21)18-6-4-3-5-7-18;2*1-2;;;/h8-16,18H,3-7H2,1-2H3;2*1-2H3;3*1H4. The third kappa shape index (κ3) is 9.09. The molecule has 0 N–H and O–H groups in total. The van der Waals surface area contributed by atoms with Gasteiger partial charge in [-0.1, -0.05) is 132 Å². The molecule has 162 valence electrons. The molecule has 0 amide bonds. The molecule has 0 saturated heterocycles. The minimum atomic E-state index is 0. The van der Waals surface area contributed by atoms with Crippen molar-refractivity contribution >= 4 is 0 Å². The number of hydrogen-bond donors (Lipinski definition) is 0. The molecule has 0 heteroatoms. The van der Waals surface area contributed by atoms with Crippen LogP contribution in [0, 0.1) is 0 Å². The highest BCUT2D eigenvalue weighted by Gasteiger charge is 2.15. The highest BCUT2D eigenvalue weighted by atomic mass is 14.2. The molecule has 0 radical (unpaired) electrons. The Kier molecular flexibility index (Phi) is 19.5. The molecule has 0 spiro atoms. The minimum Gasteiger partial charge on any atom is -0.0776 e. The summed E-state index contributed by atoms with van der Waals surface area (Å²) in [7, 11) is 0. The van der Waals surface area contributed by atoms with Crippen LogP contribution < -0.4 is 0 Å². The highest BCUT2D eigenvalue weighted by Crippen LogP contribution is 2.33. The number of hydrogen-bond acceptors (Lipinski definition) is 0. The van der Waals surface area contributed by atoms with E-state index in [1.165, 1.54) is 54.4 Å². The lowest BCUT2D eigenvalue weighted by atomic mass is 9.83. The van der Waals surface area contributed by atoms with E-state index >= 15 is 0 Å². The van der Waals surface area contributed by atoms with Gasteiger partial charge in [0.25, 0.3) is 0 Å². The molecule has 2 aromatic rings. The maximum Gasteiger partial charge on any atom is -0.0162 e. The van der Waals surface area contributed by atoms with Gasteiger partial charge < -0.3 is 0 Å². The first kappa shape index (κ1) is 31.1. The average molecular weight is 387 g/mol. The Labute approximate surface area is 178 Å². The van der Waals surface area contributed by atoms with E-state index in [0.717, 1.165) is 5.92 Å². The molecule has 0 heterocycles. The predicted molar refractivity (Wildman–Crippen MR) is 135 cm³/mol. The monoisotopic (exact) mass is 386 g/mol. The van der Waals surface area contributed by atoms with Crippen LogP contribution >= 0.6 is 0 Å². The second-order valence-electron chi connectivity index (χ2n) is 6.73. The smallest absolute Gasteiger partial charge is 0.0162 e. The Morgan fingerprint density at radius 2 is 1.00 bits per heavy atom. The van der Waals surface area contributed by atoms with Gasteiger partial charge in [0.1, 0.15) is 0 Å². The van der Waals surface area contributed by atoms with Gasteiger partial charge in [0.2, 0.25) is 0 Å². The Balaban J connectivity index is -0.000000841. The molecular weight excluding hydrogens is 336 g/mol. The Morgan fingerprint density at radius 1 is 0.607 bits per heavy atom. The van der Waals surface area contributed by atoms with Crippen LogP contribution in [0.4, 0.5) is 0 Å². The summed E-state index contributed by atoms with van der Waals surface area (Å²) in [5.74, 6) is 1.41. The lowest BCUT2D eigenvalue weighted by molar-refractivity contribution is 0.443.